The molecule has 1 aromatic heterocycles. The number of carbonyl (C=O) groups excluding carboxylic acids is 1. The van der Waals surface area contributed by atoms with Crippen molar-refractivity contribution in [3.63, 3.8) is 0 Å². The van der Waals surface area contributed by atoms with E-state index in [0.29, 0.717) is 12.1 Å². The third kappa shape index (κ3) is 2.63. The van der Waals surface area contributed by atoms with Crippen molar-refractivity contribution in [2.45, 2.75) is 33.2 Å². The van der Waals surface area contributed by atoms with E-state index in [9.17, 15) is 4.79 Å². The number of H-pyrrole nitrogens is 1. The molecule has 4 nitrogen and oxygen atoms in total. The zero-order valence-electron chi connectivity index (χ0n) is 11.9. The third-order valence-corrected chi connectivity index (χ3v) is 3.33. The summed E-state index contributed by atoms with van der Waals surface area (Å²) >= 11 is 0. The predicted octanol–water partition coefficient (Wildman–Crippen LogP) is 2.25. The first-order valence-corrected chi connectivity index (χ1v) is 6.45. The van der Waals surface area contributed by atoms with Gasteiger partial charge in [0.2, 0.25) is 0 Å². The Hall–Kier alpha value is -1.81. The maximum Gasteiger partial charge on any atom is 0.254 e. The molecular formula is C15H21N3O. The molecule has 0 aliphatic rings. The fourth-order valence-electron chi connectivity index (χ4n) is 2.16. The van der Waals surface area contributed by atoms with Gasteiger partial charge in [-0.05, 0) is 39.3 Å². The summed E-state index contributed by atoms with van der Waals surface area (Å²) < 4.78 is 0. The zero-order chi connectivity index (χ0) is 14.2. The summed E-state index contributed by atoms with van der Waals surface area (Å²) in [6.45, 7) is 8.18. The number of aryl methyl sites for hydroxylation is 2. The molecule has 0 saturated carbocycles. The molecule has 1 heterocycles. The molecule has 0 aliphatic heterocycles. The van der Waals surface area contributed by atoms with Gasteiger partial charge in [0, 0.05) is 28.7 Å². The van der Waals surface area contributed by atoms with Gasteiger partial charge in [0.1, 0.15) is 0 Å². The lowest BCUT2D eigenvalue weighted by Crippen LogP contribution is -2.48. The number of nitrogens with two attached hydrogens (primary N) is 1. The zero-order valence-corrected chi connectivity index (χ0v) is 11.9. The van der Waals surface area contributed by atoms with Crippen molar-refractivity contribution in [3.05, 3.63) is 35.0 Å². The van der Waals surface area contributed by atoms with Crippen LogP contribution in [0.5, 0.6) is 0 Å². The van der Waals surface area contributed by atoms with Gasteiger partial charge in [-0.25, -0.2) is 0 Å². The Labute approximate surface area is 113 Å². The quantitative estimate of drug-likeness (QED) is 0.791. The van der Waals surface area contributed by atoms with Crippen LogP contribution in [-0.2, 0) is 0 Å². The molecule has 1 amide bonds. The summed E-state index contributed by atoms with van der Waals surface area (Å²) in [5.41, 5.74) is 9.00. The lowest BCUT2D eigenvalue weighted by molar-refractivity contribution is 0.0917. The van der Waals surface area contributed by atoms with Crippen molar-refractivity contribution in [2.75, 3.05) is 6.54 Å². The van der Waals surface area contributed by atoms with Crippen LogP contribution in [0.4, 0.5) is 0 Å². The molecule has 0 aliphatic carbocycles. The molecule has 0 saturated heterocycles. The number of rotatable bonds is 3. The summed E-state index contributed by atoms with van der Waals surface area (Å²) in [4.78, 5) is 15.7. The van der Waals surface area contributed by atoms with E-state index >= 15 is 0 Å². The van der Waals surface area contributed by atoms with E-state index in [1.807, 2.05) is 45.9 Å². The maximum absolute atomic E-state index is 12.4. The summed E-state index contributed by atoms with van der Waals surface area (Å²) in [6.07, 6.45) is 0. The SMILES string of the molecule is Cc1ccc2c(C(=O)NC(C)(C)CN)c(C)[nH]c2c1. The van der Waals surface area contributed by atoms with Crippen LogP contribution in [-0.4, -0.2) is 23.0 Å². The van der Waals surface area contributed by atoms with Crippen LogP contribution in [0.1, 0.15) is 35.5 Å². The van der Waals surface area contributed by atoms with Crippen LogP contribution in [0.25, 0.3) is 10.9 Å². The third-order valence-electron chi connectivity index (χ3n) is 3.33. The molecule has 1 aromatic carbocycles. The van der Waals surface area contributed by atoms with Gasteiger partial charge in [0.25, 0.3) is 5.91 Å². The number of benzene rings is 1. The average molecular weight is 259 g/mol. The van der Waals surface area contributed by atoms with Gasteiger partial charge in [-0.1, -0.05) is 12.1 Å². The highest BCUT2D eigenvalue weighted by Crippen LogP contribution is 2.23. The van der Waals surface area contributed by atoms with Crippen LogP contribution in [0.3, 0.4) is 0 Å². The Morgan fingerprint density at radius 3 is 2.68 bits per heavy atom. The number of carbonyl (C=O) groups is 1. The Kier molecular flexibility index (Phi) is 3.37. The van der Waals surface area contributed by atoms with E-state index < -0.39 is 5.54 Å². The molecule has 4 N–H and O–H groups in total. The second kappa shape index (κ2) is 4.70. The number of fused-ring (bicyclic) bond motifs is 1. The molecule has 2 rings (SSSR count). The van der Waals surface area contributed by atoms with E-state index in [1.54, 1.807) is 0 Å². The smallest absolute Gasteiger partial charge is 0.254 e. The first kappa shape index (κ1) is 13.6. The van der Waals surface area contributed by atoms with Crippen molar-refractivity contribution in [1.82, 2.24) is 10.3 Å². The van der Waals surface area contributed by atoms with Crippen molar-refractivity contribution >= 4 is 16.8 Å². The molecule has 102 valence electrons. The van der Waals surface area contributed by atoms with Gasteiger partial charge in [-0.2, -0.15) is 0 Å². The van der Waals surface area contributed by atoms with Crippen LogP contribution < -0.4 is 11.1 Å². The second-order valence-corrected chi connectivity index (χ2v) is 5.72. The Morgan fingerprint density at radius 1 is 1.37 bits per heavy atom. The van der Waals surface area contributed by atoms with Crippen LogP contribution in [0.2, 0.25) is 0 Å². The van der Waals surface area contributed by atoms with Gasteiger partial charge in [0.05, 0.1) is 5.56 Å². The Bertz CT molecular complexity index is 626. The first-order chi connectivity index (χ1) is 8.84. The number of aromatic amines is 1. The van der Waals surface area contributed by atoms with Crippen molar-refractivity contribution in [3.8, 4) is 0 Å². The number of amides is 1. The minimum absolute atomic E-state index is 0.0805. The number of nitrogens with one attached hydrogen (secondary N) is 2. The fourth-order valence-corrected chi connectivity index (χ4v) is 2.16. The van der Waals surface area contributed by atoms with Crippen LogP contribution in [0.15, 0.2) is 18.2 Å². The van der Waals surface area contributed by atoms with E-state index in [1.165, 1.54) is 5.56 Å². The van der Waals surface area contributed by atoms with Gasteiger partial charge in [-0.3, -0.25) is 4.79 Å². The number of hydrogen-bond acceptors (Lipinski definition) is 2. The standard InChI is InChI=1S/C15H21N3O/c1-9-5-6-11-12(7-9)17-10(2)13(11)14(19)18-15(3,4)8-16/h5-7,17H,8,16H2,1-4H3,(H,18,19). The van der Waals surface area contributed by atoms with Gasteiger partial charge >= 0.3 is 0 Å². The van der Waals surface area contributed by atoms with Crippen LogP contribution >= 0.6 is 0 Å². The molecule has 4 heteroatoms. The molecule has 0 unspecified atom stereocenters. The lowest BCUT2D eigenvalue weighted by atomic mass is 10.0. The largest absolute Gasteiger partial charge is 0.358 e. The summed E-state index contributed by atoms with van der Waals surface area (Å²) in [6, 6.07) is 6.05. The lowest BCUT2D eigenvalue weighted by Gasteiger charge is -2.24. The monoisotopic (exact) mass is 259 g/mol. The van der Waals surface area contributed by atoms with Crippen molar-refractivity contribution in [2.24, 2.45) is 5.73 Å². The second-order valence-electron chi connectivity index (χ2n) is 5.72. The van der Waals surface area contributed by atoms with E-state index in [0.717, 1.165) is 16.6 Å². The average Bonchev–Trinajstić information content (AvgIpc) is 2.63. The highest BCUT2D eigenvalue weighted by atomic mass is 16.1. The van der Waals surface area contributed by atoms with Crippen molar-refractivity contribution in [1.29, 1.82) is 0 Å². The fraction of sp³-hybridized carbons (Fsp3) is 0.400. The number of aromatic nitrogens is 1. The predicted molar refractivity (Wildman–Crippen MR) is 78.4 cm³/mol. The van der Waals surface area contributed by atoms with Gasteiger partial charge < -0.3 is 16.0 Å². The molecule has 0 fully saturated rings. The normalized spacial score (nSPS) is 11.8. The molecule has 0 spiro atoms. The minimum atomic E-state index is -0.405. The number of hydrogen-bond donors (Lipinski definition) is 3. The van der Waals surface area contributed by atoms with Gasteiger partial charge in [-0.15, -0.1) is 0 Å². The molecule has 0 bridgehead atoms. The molecule has 0 radical (unpaired) electrons. The van der Waals surface area contributed by atoms with E-state index in [2.05, 4.69) is 10.3 Å². The highest BCUT2D eigenvalue weighted by Gasteiger charge is 2.22. The molecule has 2 aromatic rings. The van der Waals surface area contributed by atoms with E-state index in [-0.39, 0.29) is 5.91 Å². The molecule has 19 heavy (non-hydrogen) atoms. The van der Waals surface area contributed by atoms with Gasteiger partial charge in [0.15, 0.2) is 0 Å². The highest BCUT2D eigenvalue weighted by molar-refractivity contribution is 6.08. The summed E-state index contributed by atoms with van der Waals surface area (Å²) in [5, 5.41) is 3.92. The Balaban J connectivity index is 2.45. The topological polar surface area (TPSA) is 70.9 Å². The first-order valence-electron chi connectivity index (χ1n) is 6.45. The summed E-state index contributed by atoms with van der Waals surface area (Å²) in [7, 11) is 0. The van der Waals surface area contributed by atoms with Crippen LogP contribution in [0, 0.1) is 13.8 Å². The summed E-state index contributed by atoms with van der Waals surface area (Å²) in [5.74, 6) is -0.0805. The maximum atomic E-state index is 12.4. The molecular weight excluding hydrogens is 238 g/mol. The minimum Gasteiger partial charge on any atom is -0.358 e. The molecule has 0 atom stereocenters. The Morgan fingerprint density at radius 2 is 2.05 bits per heavy atom. The van der Waals surface area contributed by atoms with Crippen molar-refractivity contribution < 1.29 is 4.79 Å². The van der Waals surface area contributed by atoms with E-state index in [4.69, 9.17) is 5.73 Å².